The van der Waals surface area contributed by atoms with Gasteiger partial charge in [-0.15, -0.1) is 0 Å². The van der Waals surface area contributed by atoms with Crippen molar-refractivity contribution in [3.63, 3.8) is 0 Å². The van der Waals surface area contributed by atoms with Crippen LogP contribution in [-0.2, 0) is 9.53 Å². The van der Waals surface area contributed by atoms with Gasteiger partial charge in [-0.3, -0.25) is 4.79 Å². The highest BCUT2D eigenvalue weighted by atomic mass is 16.5. The number of allylic oxidation sites excluding steroid dienone is 1. The standard InChI is InChI=1S/C15H18O3/c1-9-8-10(2)12(4)15(11(9)3)13(16)6-7-14(17)18-5/h6-8H,1-5H3/b7-6+. The number of ketones is 1. The number of carbonyl (C=O) groups is 2. The molecule has 0 radical (unpaired) electrons. The van der Waals surface area contributed by atoms with Crippen LogP contribution in [-0.4, -0.2) is 18.9 Å². The lowest BCUT2D eigenvalue weighted by Gasteiger charge is -2.12. The maximum Gasteiger partial charge on any atom is 0.330 e. The maximum atomic E-state index is 12.1. The van der Waals surface area contributed by atoms with Crippen molar-refractivity contribution in [1.82, 2.24) is 0 Å². The van der Waals surface area contributed by atoms with Gasteiger partial charge in [-0.1, -0.05) is 6.07 Å². The average molecular weight is 246 g/mol. The minimum absolute atomic E-state index is 0.165. The lowest BCUT2D eigenvalue weighted by Crippen LogP contribution is -2.06. The summed E-state index contributed by atoms with van der Waals surface area (Å²) in [6.07, 6.45) is 2.42. The van der Waals surface area contributed by atoms with Crippen LogP contribution in [0.5, 0.6) is 0 Å². The van der Waals surface area contributed by atoms with Crippen LogP contribution in [0.25, 0.3) is 0 Å². The van der Waals surface area contributed by atoms with Crippen molar-refractivity contribution < 1.29 is 14.3 Å². The first-order valence-corrected chi connectivity index (χ1v) is 5.76. The van der Waals surface area contributed by atoms with E-state index in [1.807, 2.05) is 27.7 Å². The monoisotopic (exact) mass is 246 g/mol. The summed E-state index contributed by atoms with van der Waals surface area (Å²) in [6, 6.07) is 2.06. The maximum absolute atomic E-state index is 12.1. The van der Waals surface area contributed by atoms with E-state index in [9.17, 15) is 9.59 Å². The third-order valence-electron chi connectivity index (χ3n) is 3.18. The van der Waals surface area contributed by atoms with Gasteiger partial charge in [0, 0.05) is 11.6 Å². The third kappa shape index (κ3) is 2.86. The second-order valence-corrected chi connectivity index (χ2v) is 4.36. The fourth-order valence-corrected chi connectivity index (χ4v) is 1.88. The van der Waals surface area contributed by atoms with E-state index in [4.69, 9.17) is 0 Å². The molecule has 0 aromatic heterocycles. The second-order valence-electron chi connectivity index (χ2n) is 4.36. The van der Waals surface area contributed by atoms with Crippen LogP contribution in [0.3, 0.4) is 0 Å². The summed E-state index contributed by atoms with van der Waals surface area (Å²) in [7, 11) is 1.28. The topological polar surface area (TPSA) is 43.4 Å². The zero-order chi connectivity index (χ0) is 13.9. The number of aryl methyl sites for hydroxylation is 2. The predicted molar refractivity (Wildman–Crippen MR) is 70.9 cm³/mol. The molecule has 0 aliphatic rings. The second kappa shape index (κ2) is 5.63. The number of methoxy groups -OCH3 is 1. The molecule has 0 amide bonds. The van der Waals surface area contributed by atoms with Gasteiger partial charge in [-0.05, 0) is 56.0 Å². The normalized spacial score (nSPS) is 10.7. The zero-order valence-corrected chi connectivity index (χ0v) is 11.5. The van der Waals surface area contributed by atoms with Crippen LogP contribution in [0.15, 0.2) is 18.2 Å². The molecule has 0 heterocycles. The van der Waals surface area contributed by atoms with Crippen molar-refractivity contribution in [3.8, 4) is 0 Å². The van der Waals surface area contributed by atoms with Gasteiger partial charge in [-0.2, -0.15) is 0 Å². The zero-order valence-electron chi connectivity index (χ0n) is 11.5. The Morgan fingerprint density at radius 3 is 1.94 bits per heavy atom. The molecule has 0 atom stereocenters. The number of rotatable bonds is 3. The molecule has 96 valence electrons. The van der Waals surface area contributed by atoms with E-state index in [-0.39, 0.29) is 5.78 Å². The molecule has 0 saturated heterocycles. The fraction of sp³-hybridized carbons (Fsp3) is 0.333. The Labute approximate surface area is 107 Å². The van der Waals surface area contributed by atoms with Gasteiger partial charge in [0.15, 0.2) is 5.78 Å². The Bertz CT molecular complexity index is 499. The van der Waals surface area contributed by atoms with Crippen LogP contribution >= 0.6 is 0 Å². The smallest absolute Gasteiger partial charge is 0.330 e. The Morgan fingerprint density at radius 1 is 1.00 bits per heavy atom. The molecule has 0 unspecified atom stereocenters. The molecule has 18 heavy (non-hydrogen) atoms. The number of hydrogen-bond donors (Lipinski definition) is 0. The molecule has 0 fully saturated rings. The molecule has 3 nitrogen and oxygen atoms in total. The van der Waals surface area contributed by atoms with Crippen LogP contribution in [0, 0.1) is 27.7 Å². The minimum atomic E-state index is -0.525. The Morgan fingerprint density at radius 2 is 1.50 bits per heavy atom. The van der Waals surface area contributed by atoms with Gasteiger partial charge in [0.1, 0.15) is 0 Å². The van der Waals surface area contributed by atoms with Gasteiger partial charge in [-0.25, -0.2) is 4.79 Å². The molecule has 1 aromatic carbocycles. The van der Waals surface area contributed by atoms with Crippen LogP contribution in [0.1, 0.15) is 32.6 Å². The van der Waals surface area contributed by atoms with Crippen molar-refractivity contribution in [3.05, 3.63) is 46.0 Å². The predicted octanol–water partition coefficient (Wildman–Crippen LogP) is 2.83. The number of ether oxygens (including phenoxy) is 1. The summed E-state index contributed by atoms with van der Waals surface area (Å²) in [6.45, 7) is 7.78. The summed E-state index contributed by atoms with van der Waals surface area (Å²) >= 11 is 0. The van der Waals surface area contributed by atoms with Crippen molar-refractivity contribution in [2.45, 2.75) is 27.7 Å². The lowest BCUT2D eigenvalue weighted by atomic mass is 9.91. The molecular formula is C15H18O3. The quantitative estimate of drug-likeness (QED) is 0.468. The highest BCUT2D eigenvalue weighted by Crippen LogP contribution is 2.22. The van der Waals surface area contributed by atoms with E-state index in [0.29, 0.717) is 5.56 Å². The van der Waals surface area contributed by atoms with E-state index in [1.165, 1.54) is 13.2 Å². The Balaban J connectivity index is 3.21. The molecular weight excluding hydrogens is 228 g/mol. The largest absolute Gasteiger partial charge is 0.466 e. The van der Waals surface area contributed by atoms with Crippen LogP contribution in [0.2, 0.25) is 0 Å². The molecule has 1 rings (SSSR count). The van der Waals surface area contributed by atoms with Gasteiger partial charge in [0.2, 0.25) is 0 Å². The molecule has 0 saturated carbocycles. The van der Waals surface area contributed by atoms with Crippen molar-refractivity contribution >= 4 is 11.8 Å². The SMILES string of the molecule is COC(=O)/C=C/C(=O)c1c(C)c(C)cc(C)c1C. The molecule has 3 heteroatoms. The Hall–Kier alpha value is -1.90. The molecule has 0 bridgehead atoms. The highest BCUT2D eigenvalue weighted by Gasteiger charge is 2.13. The highest BCUT2D eigenvalue weighted by molar-refractivity contribution is 6.09. The summed E-state index contributed by atoms with van der Waals surface area (Å²) in [4.78, 5) is 23.1. The number of hydrogen-bond acceptors (Lipinski definition) is 3. The average Bonchev–Trinajstić information content (AvgIpc) is 2.33. The van der Waals surface area contributed by atoms with Crippen molar-refractivity contribution in [1.29, 1.82) is 0 Å². The van der Waals surface area contributed by atoms with E-state index >= 15 is 0 Å². The summed E-state index contributed by atoms with van der Waals surface area (Å²) in [5.74, 6) is -0.690. The van der Waals surface area contributed by atoms with E-state index in [0.717, 1.165) is 28.3 Å². The van der Waals surface area contributed by atoms with Gasteiger partial charge < -0.3 is 4.74 Å². The first kappa shape index (κ1) is 14.2. The van der Waals surface area contributed by atoms with Crippen LogP contribution < -0.4 is 0 Å². The number of carbonyl (C=O) groups excluding carboxylic acids is 2. The van der Waals surface area contributed by atoms with E-state index in [1.54, 1.807) is 0 Å². The molecule has 0 N–H and O–H groups in total. The van der Waals surface area contributed by atoms with Gasteiger partial charge in [0.25, 0.3) is 0 Å². The van der Waals surface area contributed by atoms with Gasteiger partial charge in [0.05, 0.1) is 7.11 Å². The first-order valence-electron chi connectivity index (χ1n) is 5.76. The summed E-state index contributed by atoms with van der Waals surface area (Å²) in [5, 5.41) is 0. The molecule has 0 spiro atoms. The molecule has 0 aliphatic carbocycles. The molecule has 0 aliphatic heterocycles. The lowest BCUT2D eigenvalue weighted by molar-refractivity contribution is -0.134. The minimum Gasteiger partial charge on any atom is -0.466 e. The number of benzene rings is 1. The van der Waals surface area contributed by atoms with Crippen molar-refractivity contribution in [2.24, 2.45) is 0 Å². The Kier molecular flexibility index (Phi) is 4.43. The van der Waals surface area contributed by atoms with Crippen molar-refractivity contribution in [2.75, 3.05) is 7.11 Å². The number of esters is 1. The van der Waals surface area contributed by atoms with E-state index in [2.05, 4.69) is 10.8 Å². The summed E-state index contributed by atoms with van der Waals surface area (Å²) < 4.78 is 4.47. The fourth-order valence-electron chi connectivity index (χ4n) is 1.88. The van der Waals surface area contributed by atoms with Gasteiger partial charge >= 0.3 is 5.97 Å². The van der Waals surface area contributed by atoms with Crippen LogP contribution in [0.4, 0.5) is 0 Å². The van der Waals surface area contributed by atoms with E-state index < -0.39 is 5.97 Å². The first-order chi connectivity index (χ1) is 8.38. The summed E-state index contributed by atoms with van der Waals surface area (Å²) in [5.41, 5.74) is 4.74. The molecule has 1 aromatic rings. The third-order valence-corrected chi connectivity index (χ3v) is 3.18.